The van der Waals surface area contributed by atoms with Crippen molar-refractivity contribution in [3.05, 3.63) is 99.4 Å². The van der Waals surface area contributed by atoms with Crippen LogP contribution in [0.15, 0.2) is 93.3 Å². The maximum Gasteiger partial charge on any atom is 0.308 e. The predicted molar refractivity (Wildman–Crippen MR) is 136 cm³/mol. The fourth-order valence-corrected chi connectivity index (χ4v) is 7.48. The van der Waals surface area contributed by atoms with E-state index in [0.717, 1.165) is 11.3 Å². The number of carbonyl (C=O) groups is 3. The number of anilines is 2. The van der Waals surface area contributed by atoms with Crippen LogP contribution in [0.3, 0.4) is 0 Å². The number of hydrogen-bond acceptors (Lipinski definition) is 7. The Labute approximate surface area is 213 Å². The Hall–Kier alpha value is -3.89. The van der Waals surface area contributed by atoms with Crippen molar-refractivity contribution in [2.75, 3.05) is 10.2 Å². The minimum atomic E-state index is -0.752. The van der Waals surface area contributed by atoms with Gasteiger partial charge in [-0.15, -0.1) is 0 Å². The summed E-state index contributed by atoms with van der Waals surface area (Å²) in [5, 5.41) is 2.56. The number of thiazole rings is 1. The highest BCUT2D eigenvalue weighted by atomic mass is 32.2. The normalized spacial score (nSPS) is 20.8. The van der Waals surface area contributed by atoms with Crippen molar-refractivity contribution in [2.45, 2.75) is 22.7 Å². The van der Waals surface area contributed by atoms with Crippen molar-refractivity contribution >= 4 is 52.2 Å². The lowest BCUT2D eigenvalue weighted by atomic mass is 9.87. The van der Waals surface area contributed by atoms with Crippen molar-refractivity contribution in [3.63, 3.8) is 0 Å². The van der Waals surface area contributed by atoms with Gasteiger partial charge in [-0.1, -0.05) is 59.5 Å². The monoisotopic (exact) mass is 517 g/mol. The van der Waals surface area contributed by atoms with Crippen LogP contribution in [0, 0.1) is 5.92 Å². The number of nitrogens with one attached hydrogen (secondary N) is 1. The molecule has 2 aromatic heterocycles. The van der Waals surface area contributed by atoms with E-state index in [9.17, 15) is 19.2 Å². The first kappa shape index (κ1) is 22.6. The van der Waals surface area contributed by atoms with Crippen LogP contribution in [0.25, 0.3) is 0 Å². The molecule has 0 saturated carbocycles. The Kier molecular flexibility index (Phi) is 5.62. The van der Waals surface area contributed by atoms with E-state index in [1.807, 2.05) is 12.1 Å². The van der Waals surface area contributed by atoms with Gasteiger partial charge in [-0.2, -0.15) is 0 Å². The van der Waals surface area contributed by atoms with Crippen LogP contribution < -0.4 is 15.1 Å². The van der Waals surface area contributed by atoms with Crippen LogP contribution in [0.4, 0.5) is 11.4 Å². The molecule has 4 aromatic rings. The number of amides is 3. The van der Waals surface area contributed by atoms with Gasteiger partial charge in [0.2, 0.25) is 17.7 Å². The molecular formula is C26H19N3O5S2. The molecule has 10 heteroatoms. The van der Waals surface area contributed by atoms with Crippen molar-refractivity contribution in [3.8, 4) is 0 Å². The molecule has 0 radical (unpaired) electrons. The smallest absolute Gasteiger partial charge is 0.308 e. The van der Waals surface area contributed by atoms with Crippen molar-refractivity contribution in [2.24, 2.45) is 5.92 Å². The van der Waals surface area contributed by atoms with Crippen molar-refractivity contribution in [1.29, 1.82) is 0 Å². The maximum atomic E-state index is 13.6. The molecule has 1 saturated heterocycles. The van der Waals surface area contributed by atoms with E-state index in [1.54, 1.807) is 60.7 Å². The molecule has 3 unspecified atom stereocenters. The standard InChI is InChI=1S/C26H19N3O5S2/c30-18(27-15-8-3-1-4-9-15)14-28-25-22(36-26(28)33)19(17-12-7-13-34-17)20-21(35-25)24(32)29(23(20)31)16-10-5-2-6-11-16/h1-13,19-21H,14H2,(H,27,30). The third-order valence-electron chi connectivity index (χ3n) is 6.27. The first-order valence-electron chi connectivity index (χ1n) is 11.2. The summed E-state index contributed by atoms with van der Waals surface area (Å²) in [5.41, 5.74) is 1.12. The molecular weight excluding hydrogens is 498 g/mol. The molecule has 3 atom stereocenters. The number of rotatable bonds is 5. The Morgan fingerprint density at radius 2 is 1.64 bits per heavy atom. The second kappa shape index (κ2) is 8.96. The quantitative estimate of drug-likeness (QED) is 0.403. The van der Waals surface area contributed by atoms with Crippen LogP contribution in [0.5, 0.6) is 0 Å². The highest BCUT2D eigenvalue weighted by Crippen LogP contribution is 2.53. The summed E-state index contributed by atoms with van der Waals surface area (Å²) in [7, 11) is 0. The molecule has 6 rings (SSSR count). The lowest BCUT2D eigenvalue weighted by Crippen LogP contribution is -2.32. The zero-order valence-corrected chi connectivity index (χ0v) is 20.3. The summed E-state index contributed by atoms with van der Waals surface area (Å²) in [4.78, 5) is 54.6. The summed E-state index contributed by atoms with van der Waals surface area (Å²) in [5.74, 6) is -1.87. The van der Waals surface area contributed by atoms with Gasteiger partial charge in [0.1, 0.15) is 17.6 Å². The van der Waals surface area contributed by atoms with Gasteiger partial charge < -0.3 is 9.73 Å². The van der Waals surface area contributed by atoms with Gasteiger partial charge in [-0.25, -0.2) is 4.90 Å². The average molecular weight is 518 g/mol. The molecule has 3 amide bonds. The second-order valence-corrected chi connectivity index (χ2v) is 10.6. The number of furan rings is 1. The number of fused-ring (bicyclic) bond motifs is 2. The SMILES string of the molecule is O=C(Cn1c2c(sc1=O)C(c1ccco1)C1C(=O)N(c3ccccc3)C(=O)C1S2)Nc1ccccc1. The van der Waals surface area contributed by atoms with E-state index in [2.05, 4.69) is 5.32 Å². The van der Waals surface area contributed by atoms with Crippen LogP contribution in [0.1, 0.15) is 16.6 Å². The van der Waals surface area contributed by atoms with E-state index in [0.29, 0.717) is 27.0 Å². The summed E-state index contributed by atoms with van der Waals surface area (Å²) in [6, 6.07) is 21.2. The number of nitrogens with zero attached hydrogens (tertiary/aromatic N) is 2. The summed E-state index contributed by atoms with van der Waals surface area (Å²) in [6.07, 6.45) is 1.51. The number of para-hydroxylation sites is 2. The number of imide groups is 1. The third kappa shape index (κ3) is 3.69. The van der Waals surface area contributed by atoms with Crippen molar-refractivity contribution < 1.29 is 18.8 Å². The fraction of sp³-hybridized carbons (Fsp3) is 0.154. The zero-order valence-electron chi connectivity index (χ0n) is 18.7. The molecule has 1 N–H and O–H groups in total. The van der Waals surface area contributed by atoms with E-state index >= 15 is 0 Å². The molecule has 1 fully saturated rings. The molecule has 4 heterocycles. The molecule has 0 bridgehead atoms. The topological polar surface area (TPSA) is 102 Å². The van der Waals surface area contributed by atoms with Gasteiger partial charge in [0.15, 0.2) is 0 Å². The number of hydrogen-bond donors (Lipinski definition) is 1. The number of aromatic nitrogens is 1. The molecule has 0 spiro atoms. The van der Waals surface area contributed by atoms with E-state index in [-0.39, 0.29) is 29.1 Å². The van der Waals surface area contributed by atoms with E-state index < -0.39 is 17.1 Å². The average Bonchev–Trinajstić information content (AvgIpc) is 3.58. The highest BCUT2D eigenvalue weighted by molar-refractivity contribution is 8.00. The molecule has 2 aliphatic heterocycles. The molecule has 0 aliphatic carbocycles. The lowest BCUT2D eigenvalue weighted by molar-refractivity contribution is -0.122. The summed E-state index contributed by atoms with van der Waals surface area (Å²) in [6.45, 7) is -0.209. The maximum absolute atomic E-state index is 13.6. The van der Waals surface area contributed by atoms with Gasteiger partial charge in [-0.05, 0) is 36.4 Å². The minimum Gasteiger partial charge on any atom is -0.469 e. The largest absolute Gasteiger partial charge is 0.469 e. The first-order valence-corrected chi connectivity index (χ1v) is 12.9. The number of benzene rings is 2. The predicted octanol–water partition coefficient (Wildman–Crippen LogP) is 3.94. The number of thioether (sulfide) groups is 1. The van der Waals surface area contributed by atoms with Crippen LogP contribution >= 0.6 is 23.1 Å². The molecule has 2 aliphatic rings. The van der Waals surface area contributed by atoms with E-state index in [1.165, 1.54) is 27.5 Å². The van der Waals surface area contributed by atoms with Gasteiger partial charge >= 0.3 is 4.87 Å². The van der Waals surface area contributed by atoms with Crippen LogP contribution in [-0.4, -0.2) is 27.5 Å². The Bertz CT molecular complexity index is 1510. The van der Waals surface area contributed by atoms with Crippen LogP contribution in [-0.2, 0) is 20.9 Å². The minimum absolute atomic E-state index is 0.209. The van der Waals surface area contributed by atoms with Gasteiger partial charge in [0, 0.05) is 5.69 Å². The second-order valence-electron chi connectivity index (χ2n) is 8.44. The summed E-state index contributed by atoms with van der Waals surface area (Å²) < 4.78 is 7.08. The highest BCUT2D eigenvalue weighted by Gasteiger charge is 2.57. The number of carbonyl (C=O) groups excluding carboxylic acids is 3. The molecule has 180 valence electrons. The molecule has 2 aromatic carbocycles. The van der Waals surface area contributed by atoms with Gasteiger partial charge in [0.05, 0.1) is 33.7 Å². The van der Waals surface area contributed by atoms with Gasteiger partial charge in [0.25, 0.3) is 0 Å². The Balaban J connectivity index is 1.40. The Morgan fingerprint density at radius 3 is 2.33 bits per heavy atom. The first-order chi connectivity index (χ1) is 17.5. The zero-order chi connectivity index (χ0) is 24.8. The van der Waals surface area contributed by atoms with Crippen LogP contribution in [0.2, 0.25) is 0 Å². The lowest BCUT2D eigenvalue weighted by Gasteiger charge is -2.29. The molecule has 8 nitrogen and oxygen atoms in total. The fourth-order valence-electron chi connectivity index (χ4n) is 4.73. The molecule has 36 heavy (non-hydrogen) atoms. The van der Waals surface area contributed by atoms with Gasteiger partial charge in [-0.3, -0.25) is 23.7 Å². The Morgan fingerprint density at radius 1 is 0.917 bits per heavy atom. The van der Waals surface area contributed by atoms with E-state index in [4.69, 9.17) is 4.42 Å². The summed E-state index contributed by atoms with van der Waals surface area (Å²) >= 11 is 2.16. The third-order valence-corrected chi connectivity index (χ3v) is 8.88. The van der Waals surface area contributed by atoms with Crippen molar-refractivity contribution in [1.82, 2.24) is 4.57 Å².